The van der Waals surface area contributed by atoms with Crippen molar-refractivity contribution in [3.8, 4) is 0 Å². The highest BCUT2D eigenvalue weighted by Crippen LogP contribution is 2.28. The summed E-state index contributed by atoms with van der Waals surface area (Å²) in [6, 6.07) is 16.0. The van der Waals surface area contributed by atoms with E-state index < -0.39 is 0 Å². The first-order valence-electron chi connectivity index (χ1n) is 5.18. The van der Waals surface area contributed by atoms with Crippen LogP contribution >= 0.6 is 23.2 Å². The lowest BCUT2D eigenvalue weighted by Gasteiger charge is -2.13. The SMILES string of the molecule is C[C@H](c1ccccc1)c1cc(Cl)cc(Cl)c1. The standard InChI is InChI=1S/C14H12Cl2/c1-10(11-5-3-2-4-6-11)12-7-13(15)9-14(16)8-12/h2-10H,1H3/t10-/m1/s1. The molecule has 0 spiro atoms. The van der Waals surface area contributed by atoms with Crippen LogP contribution in [0.2, 0.25) is 10.0 Å². The lowest BCUT2D eigenvalue weighted by molar-refractivity contribution is 0.922. The van der Waals surface area contributed by atoms with Crippen molar-refractivity contribution in [2.24, 2.45) is 0 Å². The maximum Gasteiger partial charge on any atom is 0.0423 e. The average Bonchev–Trinajstić information content (AvgIpc) is 2.28. The summed E-state index contributed by atoms with van der Waals surface area (Å²) in [5.74, 6) is 0.303. The fraction of sp³-hybridized carbons (Fsp3) is 0.143. The van der Waals surface area contributed by atoms with E-state index in [1.165, 1.54) is 5.56 Å². The molecule has 0 nitrogen and oxygen atoms in total. The monoisotopic (exact) mass is 250 g/mol. The second-order valence-electron chi connectivity index (χ2n) is 3.84. The van der Waals surface area contributed by atoms with E-state index in [9.17, 15) is 0 Å². The molecule has 0 heterocycles. The molecule has 0 saturated carbocycles. The van der Waals surface area contributed by atoms with Gasteiger partial charge in [-0.3, -0.25) is 0 Å². The van der Waals surface area contributed by atoms with E-state index in [2.05, 4.69) is 19.1 Å². The number of halogens is 2. The molecule has 0 saturated heterocycles. The van der Waals surface area contributed by atoms with Gasteiger partial charge in [-0.25, -0.2) is 0 Å². The van der Waals surface area contributed by atoms with Crippen molar-refractivity contribution in [1.82, 2.24) is 0 Å². The number of hydrogen-bond acceptors (Lipinski definition) is 0. The van der Waals surface area contributed by atoms with Crippen LogP contribution in [0.25, 0.3) is 0 Å². The van der Waals surface area contributed by atoms with E-state index >= 15 is 0 Å². The van der Waals surface area contributed by atoms with Crippen LogP contribution in [0, 0.1) is 0 Å². The summed E-state index contributed by atoms with van der Waals surface area (Å²) in [7, 11) is 0. The molecule has 0 aromatic heterocycles. The van der Waals surface area contributed by atoms with Gasteiger partial charge in [0.25, 0.3) is 0 Å². The molecule has 2 aromatic carbocycles. The molecule has 0 aliphatic carbocycles. The van der Waals surface area contributed by atoms with Gasteiger partial charge in [-0.1, -0.05) is 60.5 Å². The van der Waals surface area contributed by atoms with Gasteiger partial charge in [0.1, 0.15) is 0 Å². The highest BCUT2D eigenvalue weighted by Gasteiger charge is 2.09. The zero-order chi connectivity index (χ0) is 11.5. The Morgan fingerprint density at radius 3 is 1.94 bits per heavy atom. The molecule has 0 fully saturated rings. The van der Waals surface area contributed by atoms with E-state index in [4.69, 9.17) is 23.2 Å². The van der Waals surface area contributed by atoms with Crippen LogP contribution in [0.1, 0.15) is 24.0 Å². The summed E-state index contributed by atoms with van der Waals surface area (Å²) in [6.45, 7) is 2.15. The predicted octanol–water partition coefficient (Wildman–Crippen LogP) is 5.15. The average molecular weight is 251 g/mol. The van der Waals surface area contributed by atoms with E-state index in [-0.39, 0.29) is 0 Å². The molecule has 0 aliphatic heterocycles. The Morgan fingerprint density at radius 2 is 1.38 bits per heavy atom. The summed E-state index contributed by atoms with van der Waals surface area (Å²) in [5.41, 5.74) is 2.41. The van der Waals surface area contributed by atoms with Gasteiger partial charge in [-0.15, -0.1) is 0 Å². The molecular formula is C14H12Cl2. The van der Waals surface area contributed by atoms with Crippen molar-refractivity contribution >= 4 is 23.2 Å². The van der Waals surface area contributed by atoms with Gasteiger partial charge in [-0.2, -0.15) is 0 Å². The highest BCUT2D eigenvalue weighted by atomic mass is 35.5. The van der Waals surface area contributed by atoms with Crippen molar-refractivity contribution in [3.05, 3.63) is 69.7 Å². The van der Waals surface area contributed by atoms with Gasteiger partial charge in [0, 0.05) is 16.0 Å². The van der Waals surface area contributed by atoms with Gasteiger partial charge >= 0.3 is 0 Å². The smallest absolute Gasteiger partial charge is 0.0423 e. The van der Waals surface area contributed by atoms with Crippen LogP contribution in [0.3, 0.4) is 0 Å². The van der Waals surface area contributed by atoms with Gasteiger partial charge in [0.15, 0.2) is 0 Å². The quantitative estimate of drug-likeness (QED) is 0.692. The maximum atomic E-state index is 6.00. The first kappa shape index (κ1) is 11.5. The van der Waals surface area contributed by atoms with E-state index in [1.807, 2.05) is 30.3 Å². The topological polar surface area (TPSA) is 0 Å². The lowest BCUT2D eigenvalue weighted by atomic mass is 9.93. The third-order valence-corrected chi connectivity index (χ3v) is 3.12. The molecule has 0 unspecified atom stereocenters. The van der Waals surface area contributed by atoms with Crippen LogP contribution < -0.4 is 0 Å². The molecule has 2 heteroatoms. The molecular weight excluding hydrogens is 239 g/mol. The Hall–Kier alpha value is -0.980. The first-order valence-corrected chi connectivity index (χ1v) is 5.93. The van der Waals surface area contributed by atoms with Crippen LogP contribution in [0.4, 0.5) is 0 Å². The highest BCUT2D eigenvalue weighted by molar-refractivity contribution is 6.34. The van der Waals surface area contributed by atoms with Crippen LogP contribution in [-0.2, 0) is 0 Å². The second-order valence-corrected chi connectivity index (χ2v) is 4.71. The number of rotatable bonds is 2. The van der Waals surface area contributed by atoms with E-state index in [0.29, 0.717) is 16.0 Å². The molecule has 0 radical (unpaired) electrons. The molecule has 1 atom stereocenters. The molecule has 0 N–H and O–H groups in total. The fourth-order valence-corrected chi connectivity index (χ4v) is 2.30. The fourth-order valence-electron chi connectivity index (χ4n) is 1.76. The Labute approximate surface area is 106 Å². The molecule has 2 rings (SSSR count). The summed E-state index contributed by atoms with van der Waals surface area (Å²) in [4.78, 5) is 0. The summed E-state index contributed by atoms with van der Waals surface area (Å²) in [5, 5.41) is 1.37. The Bertz CT molecular complexity index is 457. The third-order valence-electron chi connectivity index (χ3n) is 2.68. The molecule has 82 valence electrons. The van der Waals surface area contributed by atoms with Crippen LogP contribution in [-0.4, -0.2) is 0 Å². The predicted molar refractivity (Wildman–Crippen MR) is 70.4 cm³/mol. The number of hydrogen-bond donors (Lipinski definition) is 0. The van der Waals surface area contributed by atoms with Crippen LogP contribution in [0.5, 0.6) is 0 Å². The van der Waals surface area contributed by atoms with E-state index in [1.54, 1.807) is 6.07 Å². The lowest BCUT2D eigenvalue weighted by Crippen LogP contribution is -1.95. The van der Waals surface area contributed by atoms with Crippen LogP contribution in [0.15, 0.2) is 48.5 Å². The van der Waals surface area contributed by atoms with Crippen molar-refractivity contribution in [1.29, 1.82) is 0 Å². The third kappa shape index (κ3) is 2.58. The summed E-state index contributed by atoms with van der Waals surface area (Å²) < 4.78 is 0. The minimum absolute atomic E-state index is 0.303. The Balaban J connectivity index is 2.37. The molecule has 16 heavy (non-hydrogen) atoms. The summed E-state index contributed by atoms with van der Waals surface area (Å²) >= 11 is 12.0. The number of benzene rings is 2. The van der Waals surface area contributed by atoms with Gasteiger partial charge < -0.3 is 0 Å². The zero-order valence-corrected chi connectivity index (χ0v) is 10.5. The van der Waals surface area contributed by atoms with Gasteiger partial charge in [-0.05, 0) is 29.3 Å². The zero-order valence-electron chi connectivity index (χ0n) is 8.95. The largest absolute Gasteiger partial charge is 0.0843 e. The minimum atomic E-state index is 0.303. The second kappa shape index (κ2) is 4.90. The first-order chi connectivity index (χ1) is 7.66. The van der Waals surface area contributed by atoms with Gasteiger partial charge in [0.05, 0.1) is 0 Å². The Kier molecular flexibility index (Phi) is 3.52. The van der Waals surface area contributed by atoms with Crippen molar-refractivity contribution in [2.45, 2.75) is 12.8 Å². The normalized spacial score (nSPS) is 12.4. The minimum Gasteiger partial charge on any atom is -0.0843 e. The maximum absolute atomic E-state index is 6.00. The molecule has 2 aromatic rings. The Morgan fingerprint density at radius 1 is 0.812 bits per heavy atom. The van der Waals surface area contributed by atoms with Crippen molar-refractivity contribution in [2.75, 3.05) is 0 Å². The molecule has 0 aliphatic rings. The molecule has 0 amide bonds. The summed E-state index contributed by atoms with van der Waals surface area (Å²) in [6.07, 6.45) is 0. The molecule has 0 bridgehead atoms. The van der Waals surface area contributed by atoms with Crippen molar-refractivity contribution in [3.63, 3.8) is 0 Å². The van der Waals surface area contributed by atoms with E-state index in [0.717, 1.165) is 5.56 Å². The van der Waals surface area contributed by atoms with Crippen molar-refractivity contribution < 1.29 is 0 Å². The van der Waals surface area contributed by atoms with Gasteiger partial charge in [0.2, 0.25) is 0 Å².